The molecule has 0 saturated carbocycles. The predicted molar refractivity (Wildman–Crippen MR) is 101 cm³/mol. The molecule has 27 heavy (non-hydrogen) atoms. The molecule has 140 valence electrons. The lowest BCUT2D eigenvalue weighted by molar-refractivity contribution is -0.122. The van der Waals surface area contributed by atoms with Crippen LogP contribution in [0.1, 0.15) is 22.8 Å². The highest BCUT2D eigenvalue weighted by Gasteiger charge is 2.22. The number of rotatable bonds is 8. The second kappa shape index (κ2) is 9.03. The molecule has 5 heteroatoms. The molecule has 0 aliphatic carbocycles. The van der Waals surface area contributed by atoms with Crippen molar-refractivity contribution in [2.45, 2.75) is 18.8 Å². The molecule has 0 fully saturated rings. The van der Waals surface area contributed by atoms with Crippen LogP contribution in [0.4, 0.5) is 4.39 Å². The third-order valence-electron chi connectivity index (χ3n) is 4.42. The summed E-state index contributed by atoms with van der Waals surface area (Å²) in [6.07, 6.45) is 2.70. The van der Waals surface area contributed by atoms with Gasteiger partial charge in [-0.15, -0.1) is 0 Å². The third-order valence-corrected chi connectivity index (χ3v) is 4.42. The maximum absolute atomic E-state index is 13.3. The standard InChI is InChI=1S/C22H22FNO3/c1-26-19-5-2-4-16(14-19)11-12-24-22(25)21(15-20-6-3-13-27-20)17-7-9-18(23)10-8-17/h2-10,13-14,21H,11-12,15H2,1H3,(H,24,25). The minimum Gasteiger partial charge on any atom is -0.497 e. The first-order valence-electron chi connectivity index (χ1n) is 8.84. The third kappa shape index (κ3) is 5.20. The number of benzene rings is 2. The topological polar surface area (TPSA) is 51.5 Å². The minimum atomic E-state index is -0.443. The van der Waals surface area contributed by atoms with Gasteiger partial charge >= 0.3 is 0 Å². The van der Waals surface area contributed by atoms with E-state index in [4.69, 9.17) is 9.15 Å². The summed E-state index contributed by atoms with van der Waals surface area (Å²) in [5.41, 5.74) is 1.84. The molecule has 2 aromatic carbocycles. The van der Waals surface area contributed by atoms with Gasteiger partial charge in [-0.05, 0) is 53.9 Å². The van der Waals surface area contributed by atoms with Crippen LogP contribution in [-0.4, -0.2) is 19.6 Å². The van der Waals surface area contributed by atoms with Gasteiger partial charge in [-0.25, -0.2) is 4.39 Å². The van der Waals surface area contributed by atoms with E-state index < -0.39 is 5.92 Å². The number of furan rings is 1. The highest BCUT2D eigenvalue weighted by Crippen LogP contribution is 2.22. The zero-order valence-electron chi connectivity index (χ0n) is 15.2. The molecule has 1 amide bonds. The van der Waals surface area contributed by atoms with E-state index in [1.54, 1.807) is 31.6 Å². The summed E-state index contributed by atoms with van der Waals surface area (Å²) in [4.78, 5) is 12.8. The molecular formula is C22H22FNO3. The van der Waals surface area contributed by atoms with E-state index in [1.165, 1.54) is 12.1 Å². The van der Waals surface area contributed by atoms with Crippen LogP contribution in [0.25, 0.3) is 0 Å². The van der Waals surface area contributed by atoms with Crippen molar-refractivity contribution in [3.8, 4) is 5.75 Å². The first-order chi connectivity index (χ1) is 13.2. The summed E-state index contributed by atoms with van der Waals surface area (Å²) in [7, 11) is 1.63. The van der Waals surface area contributed by atoms with E-state index >= 15 is 0 Å². The smallest absolute Gasteiger partial charge is 0.228 e. The molecule has 4 nitrogen and oxygen atoms in total. The fourth-order valence-corrected chi connectivity index (χ4v) is 2.97. The number of nitrogens with one attached hydrogen (secondary N) is 1. The number of hydrogen-bond acceptors (Lipinski definition) is 3. The van der Waals surface area contributed by atoms with Gasteiger partial charge in [0, 0.05) is 13.0 Å². The van der Waals surface area contributed by atoms with Gasteiger partial charge in [0.05, 0.1) is 19.3 Å². The molecule has 0 saturated heterocycles. The van der Waals surface area contributed by atoms with Gasteiger partial charge in [-0.1, -0.05) is 24.3 Å². The van der Waals surface area contributed by atoms with Gasteiger partial charge in [-0.3, -0.25) is 4.79 Å². The molecule has 0 spiro atoms. The van der Waals surface area contributed by atoms with Crippen molar-refractivity contribution >= 4 is 5.91 Å². The van der Waals surface area contributed by atoms with Crippen LogP contribution in [0.5, 0.6) is 5.75 Å². The number of amides is 1. The molecule has 1 unspecified atom stereocenters. The largest absolute Gasteiger partial charge is 0.497 e. The van der Waals surface area contributed by atoms with Crippen LogP contribution in [0.15, 0.2) is 71.3 Å². The number of carbonyl (C=O) groups excluding carboxylic acids is 1. The Morgan fingerprint density at radius 2 is 1.96 bits per heavy atom. The summed E-state index contributed by atoms with van der Waals surface area (Å²) in [6.45, 7) is 0.502. The van der Waals surface area contributed by atoms with E-state index in [0.29, 0.717) is 25.1 Å². The Morgan fingerprint density at radius 1 is 1.15 bits per heavy atom. The predicted octanol–water partition coefficient (Wildman–Crippen LogP) is 4.11. The molecule has 0 aliphatic heterocycles. The molecule has 0 aliphatic rings. The highest BCUT2D eigenvalue weighted by atomic mass is 19.1. The molecule has 3 aromatic rings. The lowest BCUT2D eigenvalue weighted by Gasteiger charge is -2.16. The van der Waals surface area contributed by atoms with E-state index in [1.807, 2.05) is 30.3 Å². The zero-order chi connectivity index (χ0) is 19.1. The normalized spacial score (nSPS) is 11.8. The summed E-state index contributed by atoms with van der Waals surface area (Å²) >= 11 is 0. The van der Waals surface area contributed by atoms with Crippen molar-refractivity contribution < 1.29 is 18.3 Å². The number of methoxy groups -OCH3 is 1. The monoisotopic (exact) mass is 367 g/mol. The molecule has 1 atom stereocenters. The molecule has 0 radical (unpaired) electrons. The average molecular weight is 367 g/mol. The Morgan fingerprint density at radius 3 is 2.67 bits per heavy atom. The average Bonchev–Trinajstić information content (AvgIpc) is 3.20. The van der Waals surface area contributed by atoms with Crippen molar-refractivity contribution in [3.63, 3.8) is 0 Å². The quantitative estimate of drug-likeness (QED) is 0.652. The summed E-state index contributed by atoms with van der Waals surface area (Å²) in [5.74, 6) is 0.630. The van der Waals surface area contributed by atoms with Gasteiger partial charge in [0.15, 0.2) is 0 Å². The Bertz CT molecular complexity index is 860. The second-order valence-electron chi connectivity index (χ2n) is 6.28. The van der Waals surface area contributed by atoms with Crippen LogP contribution < -0.4 is 10.1 Å². The Balaban J connectivity index is 1.65. The lowest BCUT2D eigenvalue weighted by Crippen LogP contribution is -2.32. The lowest BCUT2D eigenvalue weighted by atomic mass is 9.93. The fourth-order valence-electron chi connectivity index (χ4n) is 2.97. The SMILES string of the molecule is COc1cccc(CCNC(=O)C(Cc2ccco2)c2ccc(F)cc2)c1. The van der Waals surface area contributed by atoms with E-state index in [0.717, 1.165) is 16.9 Å². The first kappa shape index (κ1) is 18.7. The second-order valence-corrected chi connectivity index (χ2v) is 6.28. The van der Waals surface area contributed by atoms with Crippen molar-refractivity contribution in [2.24, 2.45) is 0 Å². The Hall–Kier alpha value is -3.08. The number of carbonyl (C=O) groups is 1. The molecule has 3 rings (SSSR count). The van der Waals surface area contributed by atoms with Crippen LogP contribution in [0.2, 0.25) is 0 Å². The van der Waals surface area contributed by atoms with Crippen LogP contribution in [0.3, 0.4) is 0 Å². The van der Waals surface area contributed by atoms with E-state index in [-0.39, 0.29) is 11.7 Å². The molecule has 1 heterocycles. The zero-order valence-corrected chi connectivity index (χ0v) is 15.2. The Labute approximate surface area is 158 Å². The van der Waals surface area contributed by atoms with Gasteiger partial charge < -0.3 is 14.5 Å². The summed E-state index contributed by atoms with van der Waals surface area (Å²) in [5, 5.41) is 2.98. The van der Waals surface area contributed by atoms with E-state index in [9.17, 15) is 9.18 Å². The molecular weight excluding hydrogens is 345 g/mol. The summed E-state index contributed by atoms with van der Waals surface area (Å²) in [6, 6.07) is 17.4. The number of halogens is 1. The fraction of sp³-hybridized carbons (Fsp3) is 0.227. The van der Waals surface area contributed by atoms with Crippen molar-refractivity contribution in [1.82, 2.24) is 5.32 Å². The van der Waals surface area contributed by atoms with Gasteiger partial charge in [0.2, 0.25) is 5.91 Å². The Kier molecular flexibility index (Phi) is 6.26. The minimum absolute atomic E-state index is 0.110. The van der Waals surface area contributed by atoms with Crippen LogP contribution >= 0.6 is 0 Å². The maximum Gasteiger partial charge on any atom is 0.228 e. The molecule has 0 bridgehead atoms. The first-order valence-corrected chi connectivity index (χ1v) is 8.84. The highest BCUT2D eigenvalue weighted by molar-refractivity contribution is 5.83. The van der Waals surface area contributed by atoms with Crippen LogP contribution in [-0.2, 0) is 17.6 Å². The maximum atomic E-state index is 13.3. The molecule has 1 aromatic heterocycles. The molecule has 1 N–H and O–H groups in total. The number of hydrogen-bond donors (Lipinski definition) is 1. The van der Waals surface area contributed by atoms with Crippen molar-refractivity contribution in [2.75, 3.05) is 13.7 Å². The van der Waals surface area contributed by atoms with Crippen molar-refractivity contribution in [1.29, 1.82) is 0 Å². The van der Waals surface area contributed by atoms with E-state index in [2.05, 4.69) is 5.32 Å². The van der Waals surface area contributed by atoms with Gasteiger partial charge in [0.1, 0.15) is 17.3 Å². The van der Waals surface area contributed by atoms with Crippen LogP contribution in [0, 0.1) is 5.82 Å². The van der Waals surface area contributed by atoms with Crippen molar-refractivity contribution in [3.05, 3.63) is 89.6 Å². The summed E-state index contributed by atoms with van der Waals surface area (Å²) < 4.78 is 23.9. The number of ether oxygens (including phenoxy) is 1. The van der Waals surface area contributed by atoms with Gasteiger partial charge in [0.25, 0.3) is 0 Å². The van der Waals surface area contributed by atoms with Gasteiger partial charge in [-0.2, -0.15) is 0 Å².